The molecule has 26 heavy (non-hydrogen) atoms. The van der Waals surface area contributed by atoms with Gasteiger partial charge in [0, 0.05) is 18.4 Å². The van der Waals surface area contributed by atoms with E-state index in [1.807, 2.05) is 0 Å². The molecule has 0 aliphatic heterocycles. The van der Waals surface area contributed by atoms with Crippen molar-refractivity contribution in [3.63, 3.8) is 0 Å². The summed E-state index contributed by atoms with van der Waals surface area (Å²) >= 11 is 0. The highest BCUT2D eigenvalue weighted by atomic mass is 32.2. The van der Waals surface area contributed by atoms with Crippen molar-refractivity contribution in [2.45, 2.75) is 42.7 Å². The molecule has 0 spiro atoms. The Balaban J connectivity index is 1.57. The standard InChI is InChI=1S/C17H20FN3O4S/c1-24-16-8-7-14(11-15(16)18)26(22,23)21-12-3-5-13(6-4-12)25-17-19-9-2-10-20-17/h2,7-13,21H,3-6H2,1H3. The first-order valence-corrected chi connectivity index (χ1v) is 9.76. The molecule has 0 unspecified atom stereocenters. The summed E-state index contributed by atoms with van der Waals surface area (Å²) < 4.78 is 51.8. The molecule has 9 heteroatoms. The van der Waals surface area contributed by atoms with Gasteiger partial charge in [-0.3, -0.25) is 0 Å². The van der Waals surface area contributed by atoms with E-state index >= 15 is 0 Å². The van der Waals surface area contributed by atoms with Gasteiger partial charge >= 0.3 is 6.01 Å². The highest BCUT2D eigenvalue weighted by Gasteiger charge is 2.27. The van der Waals surface area contributed by atoms with Crippen LogP contribution in [0.5, 0.6) is 11.8 Å². The van der Waals surface area contributed by atoms with Crippen molar-refractivity contribution in [3.05, 3.63) is 42.5 Å². The van der Waals surface area contributed by atoms with E-state index in [9.17, 15) is 12.8 Å². The Morgan fingerprint density at radius 2 is 1.85 bits per heavy atom. The van der Waals surface area contributed by atoms with Gasteiger partial charge in [-0.25, -0.2) is 27.5 Å². The minimum absolute atomic E-state index is 0.00439. The number of benzene rings is 1. The maximum absolute atomic E-state index is 13.8. The monoisotopic (exact) mass is 381 g/mol. The third kappa shape index (κ3) is 4.47. The SMILES string of the molecule is COc1ccc(S(=O)(=O)NC2CCC(Oc3ncccn3)CC2)cc1F. The number of sulfonamides is 1. The fourth-order valence-corrected chi connectivity index (χ4v) is 4.21. The maximum Gasteiger partial charge on any atom is 0.316 e. The Kier molecular flexibility index (Phi) is 5.67. The van der Waals surface area contributed by atoms with Crippen molar-refractivity contribution in [3.8, 4) is 11.8 Å². The van der Waals surface area contributed by atoms with Crippen molar-refractivity contribution in [2.24, 2.45) is 0 Å². The summed E-state index contributed by atoms with van der Waals surface area (Å²) in [4.78, 5) is 7.93. The molecule has 0 amide bonds. The zero-order valence-electron chi connectivity index (χ0n) is 14.3. The second-order valence-corrected chi connectivity index (χ2v) is 7.75. The lowest BCUT2D eigenvalue weighted by Crippen LogP contribution is -2.39. The molecule has 1 aromatic heterocycles. The molecular formula is C17H20FN3O4S. The topological polar surface area (TPSA) is 90.4 Å². The van der Waals surface area contributed by atoms with E-state index in [-0.39, 0.29) is 22.8 Å². The maximum atomic E-state index is 13.8. The van der Waals surface area contributed by atoms with E-state index in [1.54, 1.807) is 18.5 Å². The Morgan fingerprint density at radius 3 is 2.46 bits per heavy atom. The van der Waals surface area contributed by atoms with Crippen molar-refractivity contribution >= 4 is 10.0 Å². The number of hydrogen-bond acceptors (Lipinski definition) is 6. The summed E-state index contributed by atoms with van der Waals surface area (Å²) in [5.74, 6) is -0.708. The highest BCUT2D eigenvalue weighted by molar-refractivity contribution is 7.89. The largest absolute Gasteiger partial charge is 0.494 e. The predicted octanol–water partition coefficient (Wildman–Crippen LogP) is 2.29. The normalized spacial score (nSPS) is 20.5. The molecule has 1 fully saturated rings. The van der Waals surface area contributed by atoms with Crippen LogP contribution in [0, 0.1) is 5.82 Å². The first-order chi connectivity index (χ1) is 12.5. The van der Waals surface area contributed by atoms with Gasteiger partial charge in [-0.05, 0) is 49.9 Å². The van der Waals surface area contributed by atoms with Gasteiger partial charge in [-0.15, -0.1) is 0 Å². The van der Waals surface area contributed by atoms with Gasteiger partial charge in [-0.2, -0.15) is 0 Å². The van der Waals surface area contributed by atoms with Gasteiger partial charge in [-0.1, -0.05) is 0 Å². The minimum atomic E-state index is -3.79. The predicted molar refractivity (Wildman–Crippen MR) is 92.0 cm³/mol. The molecule has 0 bridgehead atoms. The molecule has 1 saturated carbocycles. The molecule has 7 nitrogen and oxygen atoms in total. The Hall–Kier alpha value is -2.26. The third-order valence-electron chi connectivity index (χ3n) is 4.24. The zero-order chi connectivity index (χ0) is 18.6. The van der Waals surface area contributed by atoms with Gasteiger partial charge in [0.15, 0.2) is 11.6 Å². The van der Waals surface area contributed by atoms with Gasteiger partial charge in [0.1, 0.15) is 6.10 Å². The van der Waals surface area contributed by atoms with Crippen LogP contribution in [0.4, 0.5) is 4.39 Å². The summed E-state index contributed by atoms with van der Waals surface area (Å²) in [5.41, 5.74) is 0. The van der Waals surface area contributed by atoms with E-state index in [0.29, 0.717) is 31.7 Å². The van der Waals surface area contributed by atoms with Crippen LogP contribution in [-0.2, 0) is 10.0 Å². The van der Waals surface area contributed by atoms with Gasteiger partial charge < -0.3 is 9.47 Å². The number of methoxy groups -OCH3 is 1. The van der Waals surface area contributed by atoms with E-state index in [4.69, 9.17) is 9.47 Å². The summed E-state index contributed by atoms with van der Waals surface area (Å²) in [6.07, 6.45) is 5.78. The average molecular weight is 381 g/mol. The van der Waals surface area contributed by atoms with Crippen LogP contribution in [0.15, 0.2) is 41.6 Å². The lowest BCUT2D eigenvalue weighted by Gasteiger charge is -2.28. The van der Waals surface area contributed by atoms with Gasteiger partial charge in [0.25, 0.3) is 0 Å². The first-order valence-electron chi connectivity index (χ1n) is 8.27. The highest BCUT2D eigenvalue weighted by Crippen LogP contribution is 2.25. The number of hydrogen-bond donors (Lipinski definition) is 1. The Labute approximate surface area is 151 Å². The number of aromatic nitrogens is 2. The van der Waals surface area contributed by atoms with E-state index in [1.165, 1.54) is 19.2 Å². The van der Waals surface area contributed by atoms with Crippen LogP contribution >= 0.6 is 0 Å². The summed E-state index contributed by atoms with van der Waals surface area (Å²) in [6.45, 7) is 0. The molecule has 140 valence electrons. The average Bonchev–Trinajstić information content (AvgIpc) is 2.64. The molecule has 1 aromatic carbocycles. The lowest BCUT2D eigenvalue weighted by atomic mass is 9.94. The number of rotatable bonds is 6. The molecule has 2 aromatic rings. The molecule has 0 saturated heterocycles. The molecule has 1 aliphatic rings. The summed E-state index contributed by atoms with van der Waals surface area (Å²) in [5, 5.41) is 0. The first kappa shape index (κ1) is 18.5. The minimum Gasteiger partial charge on any atom is -0.494 e. The van der Waals surface area contributed by atoms with Crippen LogP contribution in [0.1, 0.15) is 25.7 Å². The molecule has 3 rings (SSSR count). The third-order valence-corrected chi connectivity index (χ3v) is 5.76. The van der Waals surface area contributed by atoms with Crippen LogP contribution in [0.25, 0.3) is 0 Å². The quantitative estimate of drug-likeness (QED) is 0.826. The fourth-order valence-electron chi connectivity index (χ4n) is 2.90. The summed E-state index contributed by atoms with van der Waals surface area (Å²) in [7, 11) is -2.47. The number of halogens is 1. The number of ether oxygens (including phenoxy) is 2. The molecule has 1 heterocycles. The number of nitrogens with one attached hydrogen (secondary N) is 1. The Morgan fingerprint density at radius 1 is 1.15 bits per heavy atom. The Bertz CT molecular complexity index is 840. The molecule has 0 atom stereocenters. The van der Waals surface area contributed by atoms with Crippen LogP contribution < -0.4 is 14.2 Å². The van der Waals surface area contributed by atoms with Crippen LogP contribution in [0.2, 0.25) is 0 Å². The number of nitrogens with zero attached hydrogens (tertiary/aromatic N) is 2. The lowest BCUT2D eigenvalue weighted by molar-refractivity contribution is 0.132. The van der Waals surface area contributed by atoms with E-state index in [2.05, 4.69) is 14.7 Å². The van der Waals surface area contributed by atoms with Gasteiger partial charge in [0.05, 0.1) is 12.0 Å². The second-order valence-electron chi connectivity index (χ2n) is 6.04. The van der Waals surface area contributed by atoms with E-state index in [0.717, 1.165) is 6.07 Å². The molecule has 1 aliphatic carbocycles. The molecular weight excluding hydrogens is 361 g/mol. The van der Waals surface area contributed by atoms with Crippen molar-refractivity contribution in [1.29, 1.82) is 0 Å². The van der Waals surface area contributed by atoms with Crippen molar-refractivity contribution in [1.82, 2.24) is 14.7 Å². The van der Waals surface area contributed by atoms with E-state index < -0.39 is 15.8 Å². The van der Waals surface area contributed by atoms with Crippen LogP contribution in [0.3, 0.4) is 0 Å². The van der Waals surface area contributed by atoms with Gasteiger partial charge in [0.2, 0.25) is 10.0 Å². The molecule has 0 radical (unpaired) electrons. The summed E-state index contributed by atoms with van der Waals surface area (Å²) in [6, 6.07) is 5.40. The van der Waals surface area contributed by atoms with Crippen molar-refractivity contribution < 1.29 is 22.3 Å². The molecule has 1 N–H and O–H groups in total. The van der Waals surface area contributed by atoms with Crippen LogP contribution in [-0.4, -0.2) is 37.6 Å². The fraction of sp³-hybridized carbons (Fsp3) is 0.412. The zero-order valence-corrected chi connectivity index (χ0v) is 15.1. The second kappa shape index (κ2) is 7.96. The smallest absolute Gasteiger partial charge is 0.316 e. The van der Waals surface area contributed by atoms with Crippen molar-refractivity contribution in [2.75, 3.05) is 7.11 Å².